The molecule has 1 aromatic carbocycles. The summed E-state index contributed by atoms with van der Waals surface area (Å²) >= 11 is 0. The van der Waals surface area contributed by atoms with Crippen LogP contribution < -0.4 is 9.80 Å². The smallest absolute Gasteiger partial charge is 0.121 e. The second-order valence-corrected chi connectivity index (χ2v) is 2.80. The first-order valence-corrected chi connectivity index (χ1v) is 4.58. The summed E-state index contributed by atoms with van der Waals surface area (Å²) in [6.45, 7) is 6.50. The van der Waals surface area contributed by atoms with Gasteiger partial charge < -0.3 is 4.74 Å². The second kappa shape index (κ2) is 5.29. The van der Waals surface area contributed by atoms with E-state index in [2.05, 4.69) is 6.58 Å². The Morgan fingerprint density at radius 1 is 1.57 bits per heavy atom. The number of hydrogen-bond acceptors (Lipinski definition) is 3. The van der Waals surface area contributed by atoms with E-state index in [1.807, 2.05) is 25.1 Å². The predicted molar refractivity (Wildman–Crippen MR) is 56.9 cm³/mol. The molecule has 1 aromatic rings. The number of benzene rings is 1. The Balaban J connectivity index is 2.76. The molecular weight excluding hydrogens is 178 g/mol. The van der Waals surface area contributed by atoms with E-state index < -0.39 is 0 Å². The highest BCUT2D eigenvalue weighted by Gasteiger charge is 2.01. The molecule has 14 heavy (non-hydrogen) atoms. The summed E-state index contributed by atoms with van der Waals surface area (Å²) in [6, 6.07) is 7.29. The predicted octanol–water partition coefficient (Wildman–Crippen LogP) is 2.47. The molecule has 0 heterocycles. The molecule has 0 atom stereocenters. The van der Waals surface area contributed by atoms with E-state index in [1.165, 1.54) is 0 Å². The highest BCUT2D eigenvalue weighted by Crippen LogP contribution is 2.19. The molecule has 0 saturated carbocycles. The summed E-state index contributed by atoms with van der Waals surface area (Å²) in [4.78, 5) is 0. The molecule has 0 spiro atoms. The fraction of sp³-hybridized carbons (Fsp3) is 0.273. The van der Waals surface area contributed by atoms with Crippen LogP contribution in [0.15, 0.2) is 36.9 Å². The zero-order chi connectivity index (χ0) is 10.4. The molecule has 3 nitrogen and oxygen atoms in total. The summed E-state index contributed by atoms with van der Waals surface area (Å²) in [5, 5.41) is 10.6. The van der Waals surface area contributed by atoms with Crippen LogP contribution in [0.4, 0.5) is 5.69 Å². The van der Waals surface area contributed by atoms with Gasteiger partial charge in [-0.3, -0.25) is 10.3 Å². The average Bonchev–Trinajstić information content (AvgIpc) is 2.19. The quantitative estimate of drug-likeness (QED) is 0.576. The van der Waals surface area contributed by atoms with Crippen LogP contribution in [0.3, 0.4) is 0 Å². The number of rotatable bonds is 5. The third-order valence-corrected chi connectivity index (χ3v) is 1.73. The first kappa shape index (κ1) is 10.6. The Morgan fingerprint density at radius 3 is 3.00 bits per heavy atom. The van der Waals surface area contributed by atoms with Crippen molar-refractivity contribution >= 4 is 5.69 Å². The maximum absolute atomic E-state index is 9.52. The van der Waals surface area contributed by atoms with E-state index in [-0.39, 0.29) is 0 Å². The van der Waals surface area contributed by atoms with Gasteiger partial charge in [0.2, 0.25) is 0 Å². The first-order chi connectivity index (χ1) is 6.77. The normalized spacial score (nSPS) is 9.57. The van der Waals surface area contributed by atoms with E-state index in [4.69, 9.17) is 4.74 Å². The lowest BCUT2D eigenvalue weighted by atomic mass is 10.3. The van der Waals surface area contributed by atoms with Gasteiger partial charge >= 0.3 is 0 Å². The van der Waals surface area contributed by atoms with Gasteiger partial charge in [0.05, 0.1) is 18.8 Å². The fourth-order valence-corrected chi connectivity index (χ4v) is 1.13. The molecule has 1 N–H and O–H groups in total. The highest BCUT2D eigenvalue weighted by atomic mass is 16.5. The summed E-state index contributed by atoms with van der Waals surface area (Å²) in [6.07, 6.45) is 1.63. The number of hydroxylamine groups is 1. The number of ether oxygens (including phenoxy) is 1. The van der Waals surface area contributed by atoms with Crippen LogP contribution in [0.25, 0.3) is 0 Å². The van der Waals surface area contributed by atoms with Gasteiger partial charge in [-0.1, -0.05) is 12.1 Å². The van der Waals surface area contributed by atoms with Gasteiger partial charge in [-0.15, -0.1) is 6.58 Å². The Hall–Kier alpha value is -1.48. The molecular formula is C11H15NO2. The Labute approximate surface area is 84.2 Å². The third-order valence-electron chi connectivity index (χ3n) is 1.73. The molecule has 0 aromatic heterocycles. The highest BCUT2D eigenvalue weighted by molar-refractivity contribution is 5.48. The third kappa shape index (κ3) is 2.78. The van der Waals surface area contributed by atoms with Gasteiger partial charge in [0.25, 0.3) is 0 Å². The molecule has 0 unspecified atom stereocenters. The zero-order valence-electron chi connectivity index (χ0n) is 8.31. The lowest BCUT2D eigenvalue weighted by molar-refractivity contribution is 0.265. The van der Waals surface area contributed by atoms with Crippen LogP contribution in [0.2, 0.25) is 0 Å². The number of hydrogen-bond donors (Lipinski definition) is 1. The molecule has 0 aliphatic rings. The van der Waals surface area contributed by atoms with Gasteiger partial charge in [0.15, 0.2) is 0 Å². The van der Waals surface area contributed by atoms with Gasteiger partial charge in [0, 0.05) is 6.07 Å². The molecule has 76 valence electrons. The monoisotopic (exact) mass is 193 g/mol. The molecule has 0 aliphatic carbocycles. The lowest BCUT2D eigenvalue weighted by Gasteiger charge is -2.15. The molecule has 0 radical (unpaired) electrons. The van der Waals surface area contributed by atoms with Crippen molar-refractivity contribution in [2.24, 2.45) is 0 Å². The average molecular weight is 193 g/mol. The molecule has 1 rings (SSSR count). The van der Waals surface area contributed by atoms with Crippen LogP contribution in [-0.4, -0.2) is 18.4 Å². The number of anilines is 1. The molecule has 0 aliphatic heterocycles. The molecule has 0 amide bonds. The van der Waals surface area contributed by atoms with E-state index in [0.717, 1.165) is 10.8 Å². The van der Waals surface area contributed by atoms with Crippen molar-refractivity contribution in [3.63, 3.8) is 0 Å². The zero-order valence-corrected chi connectivity index (χ0v) is 8.31. The maximum atomic E-state index is 9.52. The fourth-order valence-electron chi connectivity index (χ4n) is 1.13. The summed E-state index contributed by atoms with van der Waals surface area (Å²) in [5.41, 5.74) is 0.704. The van der Waals surface area contributed by atoms with Crippen molar-refractivity contribution in [1.82, 2.24) is 0 Å². The van der Waals surface area contributed by atoms with Crippen LogP contribution >= 0.6 is 0 Å². The molecule has 0 bridgehead atoms. The Kier molecular flexibility index (Phi) is 4.01. The lowest BCUT2D eigenvalue weighted by Crippen LogP contribution is -2.17. The van der Waals surface area contributed by atoms with Crippen molar-refractivity contribution in [2.45, 2.75) is 6.92 Å². The molecule has 0 fully saturated rings. The molecule has 0 saturated heterocycles. The van der Waals surface area contributed by atoms with Crippen LogP contribution in [0.5, 0.6) is 5.75 Å². The molecule has 3 heteroatoms. The van der Waals surface area contributed by atoms with E-state index >= 15 is 0 Å². The van der Waals surface area contributed by atoms with Crippen LogP contribution in [0, 0.1) is 0 Å². The van der Waals surface area contributed by atoms with Crippen molar-refractivity contribution in [3.05, 3.63) is 36.9 Å². The van der Waals surface area contributed by atoms with Crippen molar-refractivity contribution in [2.75, 3.05) is 18.2 Å². The maximum Gasteiger partial charge on any atom is 0.121 e. The minimum absolute atomic E-state index is 0.398. The van der Waals surface area contributed by atoms with Gasteiger partial charge in [-0.2, -0.15) is 0 Å². The van der Waals surface area contributed by atoms with Crippen molar-refractivity contribution in [1.29, 1.82) is 0 Å². The minimum atomic E-state index is 0.398. The standard InChI is InChI=1S/C11H15NO2/c1-3-8-12(13)10-6-5-7-11(9-10)14-4-2/h3,5-7,9,13H,1,4,8H2,2H3. The first-order valence-electron chi connectivity index (χ1n) is 4.58. The van der Waals surface area contributed by atoms with Crippen molar-refractivity contribution in [3.8, 4) is 5.75 Å². The summed E-state index contributed by atoms with van der Waals surface area (Å²) in [7, 11) is 0. The van der Waals surface area contributed by atoms with E-state index in [0.29, 0.717) is 18.8 Å². The summed E-state index contributed by atoms with van der Waals surface area (Å²) in [5.74, 6) is 0.758. The van der Waals surface area contributed by atoms with E-state index in [9.17, 15) is 5.21 Å². The Morgan fingerprint density at radius 2 is 2.36 bits per heavy atom. The SMILES string of the molecule is C=CCN(O)c1cccc(OCC)c1. The van der Waals surface area contributed by atoms with Crippen LogP contribution in [0.1, 0.15) is 6.92 Å². The Bertz CT molecular complexity index is 299. The number of nitrogens with zero attached hydrogens (tertiary/aromatic N) is 1. The largest absolute Gasteiger partial charge is 0.494 e. The van der Waals surface area contributed by atoms with E-state index in [1.54, 1.807) is 12.1 Å². The van der Waals surface area contributed by atoms with Crippen LogP contribution in [-0.2, 0) is 0 Å². The minimum Gasteiger partial charge on any atom is -0.494 e. The second-order valence-electron chi connectivity index (χ2n) is 2.80. The topological polar surface area (TPSA) is 32.7 Å². The van der Waals surface area contributed by atoms with Gasteiger partial charge in [0.1, 0.15) is 5.75 Å². The summed E-state index contributed by atoms with van der Waals surface area (Å²) < 4.78 is 5.31. The van der Waals surface area contributed by atoms with Gasteiger partial charge in [-0.05, 0) is 19.1 Å². The van der Waals surface area contributed by atoms with Crippen molar-refractivity contribution < 1.29 is 9.94 Å². The van der Waals surface area contributed by atoms with Gasteiger partial charge in [-0.25, -0.2) is 0 Å².